The normalized spacial score (nSPS) is 11.2. The molecule has 0 fully saturated rings. The van der Waals surface area contributed by atoms with E-state index in [4.69, 9.17) is 11.6 Å². The van der Waals surface area contributed by atoms with Crippen LogP contribution in [-0.4, -0.2) is 13.4 Å². The van der Waals surface area contributed by atoms with Crippen LogP contribution < -0.4 is 4.72 Å². The van der Waals surface area contributed by atoms with E-state index in [2.05, 4.69) is 9.71 Å². The van der Waals surface area contributed by atoms with Crippen LogP contribution in [0, 0.1) is 5.95 Å². The summed E-state index contributed by atoms with van der Waals surface area (Å²) >= 11 is 5.67. The predicted octanol–water partition coefficient (Wildman–Crippen LogP) is 2.67. The SMILES string of the molecule is O=S(=O)(Nc1ccc(F)nc1)c1ccc(Cl)cc1. The van der Waals surface area contributed by atoms with Crippen molar-refractivity contribution >= 4 is 27.3 Å². The first-order valence-corrected chi connectivity index (χ1v) is 6.73. The summed E-state index contributed by atoms with van der Waals surface area (Å²) in [6.07, 6.45) is 1.10. The molecule has 0 radical (unpaired) electrons. The van der Waals surface area contributed by atoms with E-state index in [1.807, 2.05) is 0 Å². The third-order valence-electron chi connectivity index (χ3n) is 2.10. The van der Waals surface area contributed by atoms with Gasteiger partial charge in [0, 0.05) is 5.02 Å². The minimum absolute atomic E-state index is 0.0659. The Morgan fingerprint density at radius 2 is 1.78 bits per heavy atom. The predicted molar refractivity (Wildman–Crippen MR) is 66.5 cm³/mol. The van der Waals surface area contributed by atoms with Crippen molar-refractivity contribution in [3.63, 3.8) is 0 Å². The van der Waals surface area contributed by atoms with Crippen molar-refractivity contribution in [2.75, 3.05) is 4.72 Å². The maximum absolute atomic E-state index is 12.6. The average Bonchev–Trinajstić information content (AvgIpc) is 2.32. The summed E-state index contributed by atoms with van der Waals surface area (Å²) in [5.74, 6) is -0.676. The number of benzene rings is 1. The summed E-state index contributed by atoms with van der Waals surface area (Å²) in [6.45, 7) is 0. The number of sulfonamides is 1. The molecule has 0 bridgehead atoms. The first kappa shape index (κ1) is 12.8. The van der Waals surface area contributed by atoms with Crippen molar-refractivity contribution in [2.24, 2.45) is 0 Å². The highest BCUT2D eigenvalue weighted by atomic mass is 35.5. The van der Waals surface area contributed by atoms with Crippen molar-refractivity contribution in [1.29, 1.82) is 0 Å². The van der Waals surface area contributed by atoms with Crippen LogP contribution in [0.2, 0.25) is 5.02 Å². The molecule has 1 heterocycles. The number of rotatable bonds is 3. The van der Waals surface area contributed by atoms with Gasteiger partial charge in [0.15, 0.2) is 0 Å². The monoisotopic (exact) mass is 286 g/mol. The number of pyridine rings is 1. The topological polar surface area (TPSA) is 59.1 Å². The fourth-order valence-corrected chi connectivity index (χ4v) is 2.43. The molecule has 0 saturated heterocycles. The Kier molecular flexibility index (Phi) is 3.49. The van der Waals surface area contributed by atoms with E-state index in [1.54, 1.807) is 0 Å². The highest BCUT2D eigenvalue weighted by Crippen LogP contribution is 2.17. The summed E-state index contributed by atoms with van der Waals surface area (Å²) in [4.78, 5) is 3.42. The summed E-state index contributed by atoms with van der Waals surface area (Å²) in [5.41, 5.74) is 0.186. The third-order valence-corrected chi connectivity index (χ3v) is 3.75. The van der Waals surface area contributed by atoms with Gasteiger partial charge in [-0.3, -0.25) is 4.72 Å². The van der Waals surface area contributed by atoms with Gasteiger partial charge in [0.2, 0.25) is 5.95 Å². The van der Waals surface area contributed by atoms with Gasteiger partial charge in [0.25, 0.3) is 10.0 Å². The van der Waals surface area contributed by atoms with Crippen LogP contribution in [0.3, 0.4) is 0 Å². The van der Waals surface area contributed by atoms with Crippen molar-refractivity contribution in [3.8, 4) is 0 Å². The zero-order valence-electron chi connectivity index (χ0n) is 8.97. The van der Waals surface area contributed by atoms with Gasteiger partial charge in [-0.1, -0.05) is 11.6 Å². The minimum atomic E-state index is -3.71. The molecule has 0 aliphatic carbocycles. The summed E-state index contributed by atoms with van der Waals surface area (Å²) < 4.78 is 38.7. The molecular weight excluding hydrogens is 279 g/mol. The largest absolute Gasteiger partial charge is 0.278 e. The standard InChI is InChI=1S/C11H8ClFN2O2S/c12-8-1-4-10(5-2-8)18(16,17)15-9-3-6-11(13)14-7-9/h1-7,15H. The molecule has 0 spiro atoms. The Morgan fingerprint density at radius 1 is 1.11 bits per heavy atom. The number of aromatic nitrogens is 1. The molecule has 0 atom stereocenters. The maximum atomic E-state index is 12.6. The molecular formula is C11H8ClFN2O2S. The lowest BCUT2D eigenvalue weighted by molar-refractivity contribution is 0.583. The molecule has 2 aromatic rings. The van der Waals surface area contributed by atoms with Crippen molar-refractivity contribution in [1.82, 2.24) is 4.98 Å². The first-order chi connectivity index (χ1) is 8.47. The van der Waals surface area contributed by atoms with Crippen LogP contribution >= 0.6 is 11.6 Å². The van der Waals surface area contributed by atoms with E-state index < -0.39 is 16.0 Å². The van der Waals surface area contributed by atoms with E-state index in [9.17, 15) is 12.8 Å². The number of halogens is 2. The first-order valence-electron chi connectivity index (χ1n) is 4.87. The Hall–Kier alpha value is -1.66. The van der Waals surface area contributed by atoms with Gasteiger partial charge >= 0.3 is 0 Å². The summed E-state index contributed by atoms with van der Waals surface area (Å²) in [5, 5.41) is 0.442. The number of nitrogens with one attached hydrogen (secondary N) is 1. The molecule has 0 aliphatic rings. The van der Waals surface area contributed by atoms with Crippen LogP contribution in [-0.2, 0) is 10.0 Å². The molecule has 0 saturated carbocycles. The fourth-order valence-electron chi connectivity index (χ4n) is 1.26. The second kappa shape index (κ2) is 4.91. The molecule has 0 amide bonds. The Morgan fingerprint density at radius 3 is 2.33 bits per heavy atom. The molecule has 2 rings (SSSR count). The van der Waals surface area contributed by atoms with E-state index in [-0.39, 0.29) is 10.6 Å². The number of anilines is 1. The molecule has 1 aromatic carbocycles. The lowest BCUT2D eigenvalue weighted by Gasteiger charge is -2.07. The fraction of sp³-hybridized carbons (Fsp3) is 0. The van der Waals surface area contributed by atoms with Crippen LogP contribution in [0.5, 0.6) is 0 Å². The molecule has 0 aliphatic heterocycles. The second-order valence-electron chi connectivity index (χ2n) is 3.43. The maximum Gasteiger partial charge on any atom is 0.261 e. The summed E-state index contributed by atoms with van der Waals surface area (Å²) in [6, 6.07) is 8.05. The van der Waals surface area contributed by atoms with Gasteiger partial charge in [0.1, 0.15) is 0 Å². The van der Waals surface area contributed by atoms with Gasteiger partial charge in [-0.05, 0) is 36.4 Å². The van der Waals surface area contributed by atoms with Crippen LogP contribution in [0.15, 0.2) is 47.5 Å². The van der Waals surface area contributed by atoms with E-state index in [0.717, 1.165) is 12.3 Å². The third kappa shape index (κ3) is 2.96. The van der Waals surface area contributed by atoms with E-state index in [1.165, 1.54) is 30.3 Å². The lowest BCUT2D eigenvalue weighted by Crippen LogP contribution is -2.13. The van der Waals surface area contributed by atoms with Gasteiger partial charge in [-0.15, -0.1) is 0 Å². The number of hydrogen-bond acceptors (Lipinski definition) is 3. The minimum Gasteiger partial charge on any atom is -0.278 e. The zero-order chi connectivity index (χ0) is 13.2. The van der Waals surface area contributed by atoms with Gasteiger partial charge in [-0.2, -0.15) is 4.39 Å². The molecule has 18 heavy (non-hydrogen) atoms. The van der Waals surface area contributed by atoms with Crippen LogP contribution in [0.25, 0.3) is 0 Å². The molecule has 4 nitrogen and oxygen atoms in total. The van der Waals surface area contributed by atoms with Crippen LogP contribution in [0.4, 0.5) is 10.1 Å². The van der Waals surface area contributed by atoms with Crippen molar-refractivity contribution in [3.05, 3.63) is 53.6 Å². The average molecular weight is 287 g/mol. The van der Waals surface area contributed by atoms with Gasteiger partial charge < -0.3 is 0 Å². The highest BCUT2D eigenvalue weighted by Gasteiger charge is 2.13. The quantitative estimate of drug-likeness (QED) is 0.883. The second-order valence-corrected chi connectivity index (χ2v) is 5.55. The summed E-state index contributed by atoms with van der Waals surface area (Å²) in [7, 11) is -3.71. The molecule has 0 unspecified atom stereocenters. The van der Waals surface area contributed by atoms with Gasteiger partial charge in [-0.25, -0.2) is 13.4 Å². The van der Waals surface area contributed by atoms with Crippen LogP contribution in [0.1, 0.15) is 0 Å². The molecule has 94 valence electrons. The zero-order valence-corrected chi connectivity index (χ0v) is 10.5. The number of hydrogen-bond donors (Lipinski definition) is 1. The lowest BCUT2D eigenvalue weighted by atomic mass is 10.4. The van der Waals surface area contributed by atoms with Crippen molar-refractivity contribution < 1.29 is 12.8 Å². The number of nitrogens with zero attached hydrogens (tertiary/aromatic N) is 1. The molecule has 7 heteroatoms. The Balaban J connectivity index is 2.27. The van der Waals surface area contributed by atoms with E-state index >= 15 is 0 Å². The molecule has 1 N–H and O–H groups in total. The smallest absolute Gasteiger partial charge is 0.261 e. The van der Waals surface area contributed by atoms with Gasteiger partial charge in [0.05, 0.1) is 16.8 Å². The van der Waals surface area contributed by atoms with Crippen molar-refractivity contribution in [2.45, 2.75) is 4.90 Å². The molecule has 1 aromatic heterocycles. The van der Waals surface area contributed by atoms with E-state index in [0.29, 0.717) is 5.02 Å². The Labute approximate surface area is 108 Å². The highest BCUT2D eigenvalue weighted by molar-refractivity contribution is 7.92. The Bertz CT molecular complexity index is 642.